The molecule has 0 aliphatic rings. The Morgan fingerprint density at radius 2 is 0.977 bits per heavy atom. The summed E-state index contributed by atoms with van der Waals surface area (Å²) in [5.74, 6) is 2.61. The summed E-state index contributed by atoms with van der Waals surface area (Å²) < 4.78 is 41.8. The van der Waals surface area contributed by atoms with Crippen molar-refractivity contribution in [1.29, 1.82) is 0 Å². The lowest BCUT2D eigenvalue weighted by atomic mass is 10.1. The van der Waals surface area contributed by atoms with Crippen molar-refractivity contribution in [3.05, 3.63) is 131 Å². The zero-order chi connectivity index (χ0) is 31.1. The van der Waals surface area contributed by atoms with Crippen molar-refractivity contribution < 1.29 is 22.6 Å². The number of sulfonamides is 1. The Morgan fingerprint density at radius 1 is 0.628 bits per heavy atom. The van der Waals surface area contributed by atoms with E-state index in [1.165, 1.54) is 15.4 Å². The lowest BCUT2D eigenvalue weighted by Gasteiger charge is -2.22. The molecule has 228 valence electrons. The summed E-state index contributed by atoms with van der Waals surface area (Å²) in [6, 6.07) is 31.4. The van der Waals surface area contributed by atoms with Gasteiger partial charge in [-0.3, -0.25) is 0 Å². The first-order chi connectivity index (χ1) is 20.8. The molecule has 0 unspecified atom stereocenters. The predicted octanol–water partition coefficient (Wildman–Crippen LogP) is 6.68. The fourth-order valence-corrected chi connectivity index (χ4v) is 5.23. The standard InChI is InChI=1S/C19H23NO3S.C16H19NO2/c1-4-16-6-8-17(9-7-16)14-20(24(21,22)5-2)15-18-10-12-19(23-3)13-11-18;1-18-15-7-3-13(4-8-15)11-17-12-14-5-9-16(19-2)10-6-14/h4,6-13H,1,5,14-15H2,2-3H3;3-10,17H,11-12H2,1-2H3. The predicted molar refractivity (Wildman–Crippen MR) is 175 cm³/mol. The van der Waals surface area contributed by atoms with Crippen molar-refractivity contribution in [3.63, 3.8) is 0 Å². The molecule has 0 atom stereocenters. The summed E-state index contributed by atoms with van der Waals surface area (Å²) in [4.78, 5) is 0. The van der Waals surface area contributed by atoms with E-state index in [2.05, 4.69) is 36.2 Å². The zero-order valence-electron chi connectivity index (χ0n) is 25.5. The third kappa shape index (κ3) is 10.9. The Kier molecular flexibility index (Phi) is 13.3. The number of hydrogen-bond donors (Lipinski definition) is 1. The lowest BCUT2D eigenvalue weighted by Crippen LogP contribution is -2.31. The van der Waals surface area contributed by atoms with Crippen LogP contribution in [0.4, 0.5) is 0 Å². The highest BCUT2D eigenvalue weighted by atomic mass is 32.2. The molecular weight excluding hydrogens is 560 g/mol. The fourth-order valence-electron chi connectivity index (χ4n) is 4.17. The molecule has 0 radical (unpaired) electrons. The van der Waals surface area contributed by atoms with Crippen LogP contribution < -0.4 is 19.5 Å². The SMILES string of the molecule is C=Cc1ccc(CN(Cc2ccc(OC)cc2)S(=O)(=O)CC)cc1.COc1ccc(CNCc2ccc(OC)cc2)cc1. The van der Waals surface area contributed by atoms with Crippen molar-refractivity contribution in [2.75, 3.05) is 27.1 Å². The number of methoxy groups -OCH3 is 3. The van der Waals surface area contributed by atoms with Crippen LogP contribution in [-0.4, -0.2) is 39.8 Å². The van der Waals surface area contributed by atoms with Crippen LogP contribution in [-0.2, 0) is 36.2 Å². The van der Waals surface area contributed by atoms with Crippen LogP contribution in [0, 0.1) is 0 Å². The zero-order valence-corrected chi connectivity index (χ0v) is 26.3. The third-order valence-electron chi connectivity index (χ3n) is 6.83. The molecule has 0 heterocycles. The maximum absolute atomic E-state index is 12.4. The number of rotatable bonds is 14. The van der Waals surface area contributed by atoms with Gasteiger partial charge in [-0.2, -0.15) is 4.31 Å². The monoisotopic (exact) mass is 602 g/mol. The number of hydrogen-bond acceptors (Lipinski definition) is 6. The molecule has 4 aromatic rings. The second kappa shape index (κ2) is 17.1. The first-order valence-corrected chi connectivity index (χ1v) is 15.7. The van der Waals surface area contributed by atoms with E-state index in [-0.39, 0.29) is 5.75 Å². The molecule has 0 aliphatic carbocycles. The molecule has 4 rings (SSSR count). The van der Waals surface area contributed by atoms with Gasteiger partial charge in [0.1, 0.15) is 17.2 Å². The van der Waals surface area contributed by atoms with Crippen LogP contribution in [0.5, 0.6) is 17.2 Å². The minimum Gasteiger partial charge on any atom is -0.497 e. The van der Waals surface area contributed by atoms with E-state index < -0.39 is 10.0 Å². The minimum absolute atomic E-state index is 0.0773. The number of nitrogens with one attached hydrogen (secondary N) is 1. The van der Waals surface area contributed by atoms with Gasteiger partial charge in [-0.05, 0) is 71.1 Å². The fraction of sp³-hybridized carbons (Fsp3) is 0.257. The Morgan fingerprint density at radius 3 is 1.30 bits per heavy atom. The third-order valence-corrected chi connectivity index (χ3v) is 8.60. The van der Waals surface area contributed by atoms with E-state index in [0.717, 1.165) is 47.0 Å². The summed E-state index contributed by atoms with van der Waals surface area (Å²) in [5.41, 5.74) is 5.38. The first-order valence-electron chi connectivity index (χ1n) is 14.1. The molecule has 0 aliphatic heterocycles. The van der Waals surface area contributed by atoms with Gasteiger partial charge >= 0.3 is 0 Å². The van der Waals surface area contributed by atoms with Crippen LogP contribution in [0.25, 0.3) is 6.08 Å². The molecule has 0 bridgehead atoms. The number of benzene rings is 4. The largest absolute Gasteiger partial charge is 0.497 e. The van der Waals surface area contributed by atoms with Crippen LogP contribution in [0.2, 0.25) is 0 Å². The Bertz CT molecular complexity index is 1440. The molecule has 4 aromatic carbocycles. The normalized spacial score (nSPS) is 10.9. The smallest absolute Gasteiger partial charge is 0.214 e. The van der Waals surface area contributed by atoms with E-state index in [0.29, 0.717) is 13.1 Å². The van der Waals surface area contributed by atoms with E-state index in [4.69, 9.17) is 14.2 Å². The number of nitrogens with zero attached hydrogens (tertiary/aromatic N) is 1. The van der Waals surface area contributed by atoms with E-state index in [9.17, 15) is 8.42 Å². The van der Waals surface area contributed by atoms with Crippen molar-refractivity contribution in [2.24, 2.45) is 0 Å². The summed E-state index contributed by atoms with van der Waals surface area (Å²) >= 11 is 0. The van der Waals surface area contributed by atoms with Gasteiger partial charge in [0.25, 0.3) is 0 Å². The number of ether oxygens (including phenoxy) is 3. The quantitative estimate of drug-likeness (QED) is 0.173. The maximum atomic E-state index is 12.4. The van der Waals surface area contributed by atoms with Crippen molar-refractivity contribution in [1.82, 2.24) is 9.62 Å². The average molecular weight is 603 g/mol. The van der Waals surface area contributed by atoms with Crippen molar-refractivity contribution in [2.45, 2.75) is 33.1 Å². The van der Waals surface area contributed by atoms with Gasteiger partial charge in [-0.1, -0.05) is 73.3 Å². The van der Waals surface area contributed by atoms with E-state index in [1.54, 1.807) is 34.3 Å². The highest BCUT2D eigenvalue weighted by Crippen LogP contribution is 2.18. The summed E-state index contributed by atoms with van der Waals surface area (Å²) in [7, 11) is 1.66. The van der Waals surface area contributed by atoms with Gasteiger partial charge in [0.05, 0.1) is 27.1 Å². The van der Waals surface area contributed by atoms with Crippen LogP contribution in [0.3, 0.4) is 0 Å². The Hall–Kier alpha value is -4.11. The lowest BCUT2D eigenvalue weighted by molar-refractivity contribution is 0.400. The van der Waals surface area contributed by atoms with Gasteiger partial charge in [-0.15, -0.1) is 0 Å². The second-order valence-corrected chi connectivity index (χ2v) is 12.0. The van der Waals surface area contributed by atoms with Crippen LogP contribution in [0.1, 0.15) is 34.7 Å². The van der Waals surface area contributed by atoms with E-state index >= 15 is 0 Å². The molecule has 0 saturated carbocycles. The molecule has 43 heavy (non-hydrogen) atoms. The molecule has 1 N–H and O–H groups in total. The van der Waals surface area contributed by atoms with Crippen molar-refractivity contribution in [3.8, 4) is 17.2 Å². The van der Waals surface area contributed by atoms with Gasteiger partial charge in [0.2, 0.25) is 10.0 Å². The highest BCUT2D eigenvalue weighted by Gasteiger charge is 2.20. The molecule has 7 nitrogen and oxygen atoms in total. The summed E-state index contributed by atoms with van der Waals surface area (Å²) in [5, 5.41) is 3.41. The minimum atomic E-state index is -3.31. The second-order valence-electron chi connectivity index (χ2n) is 9.76. The highest BCUT2D eigenvalue weighted by molar-refractivity contribution is 7.89. The summed E-state index contributed by atoms with van der Waals surface area (Å²) in [6.07, 6.45) is 1.77. The average Bonchev–Trinajstić information content (AvgIpc) is 3.06. The molecular formula is C35H42N2O5S. The van der Waals surface area contributed by atoms with Gasteiger partial charge in [-0.25, -0.2) is 8.42 Å². The van der Waals surface area contributed by atoms with Crippen LogP contribution >= 0.6 is 0 Å². The molecule has 0 fully saturated rings. The summed E-state index contributed by atoms with van der Waals surface area (Å²) in [6.45, 7) is 7.76. The molecule has 0 saturated heterocycles. The van der Waals surface area contributed by atoms with Gasteiger partial charge in [0.15, 0.2) is 0 Å². The van der Waals surface area contributed by atoms with E-state index in [1.807, 2.05) is 72.8 Å². The topological polar surface area (TPSA) is 77.1 Å². The molecule has 0 spiro atoms. The van der Waals surface area contributed by atoms with Gasteiger partial charge in [0, 0.05) is 26.2 Å². The Balaban J connectivity index is 0.000000242. The van der Waals surface area contributed by atoms with Crippen LogP contribution in [0.15, 0.2) is 104 Å². The van der Waals surface area contributed by atoms with Crippen molar-refractivity contribution >= 4 is 16.1 Å². The maximum Gasteiger partial charge on any atom is 0.214 e. The molecule has 8 heteroatoms. The molecule has 0 amide bonds. The van der Waals surface area contributed by atoms with Gasteiger partial charge < -0.3 is 19.5 Å². The molecule has 0 aromatic heterocycles. The Labute approximate surface area is 256 Å². The first kappa shape index (κ1) is 33.4.